The zero-order valence-electron chi connectivity index (χ0n) is 21.7. The largest absolute Gasteiger partial charge is 0.496 e. The van der Waals surface area contributed by atoms with Crippen molar-refractivity contribution in [1.29, 1.82) is 0 Å². The van der Waals surface area contributed by atoms with Gasteiger partial charge in [-0.1, -0.05) is 72.8 Å². The molecular weight excluding hydrogens is 480 g/mol. The molecule has 38 heavy (non-hydrogen) atoms. The van der Waals surface area contributed by atoms with Crippen LogP contribution in [0.3, 0.4) is 0 Å². The predicted octanol–water partition coefficient (Wildman–Crippen LogP) is 3.51. The number of hydrogen-bond acceptors (Lipinski definition) is 5. The van der Waals surface area contributed by atoms with Gasteiger partial charge in [-0.2, -0.15) is 0 Å². The molecule has 3 aliphatic heterocycles. The highest BCUT2D eigenvalue weighted by molar-refractivity contribution is 5.96. The average Bonchev–Trinajstić information content (AvgIpc) is 2.98. The van der Waals surface area contributed by atoms with E-state index in [1.807, 2.05) is 48.5 Å². The van der Waals surface area contributed by atoms with Crippen LogP contribution in [-0.4, -0.2) is 67.4 Å². The van der Waals surface area contributed by atoms with Crippen LogP contribution in [-0.2, 0) is 15.1 Å². The molecule has 198 valence electrons. The molecule has 3 fully saturated rings. The normalized spacial score (nSPS) is 22.5. The van der Waals surface area contributed by atoms with Gasteiger partial charge in [0.2, 0.25) is 5.60 Å². The lowest BCUT2D eigenvalue weighted by Crippen LogP contribution is -2.66. The van der Waals surface area contributed by atoms with Crippen LogP contribution in [0.5, 0.6) is 5.75 Å². The Labute approximate surface area is 223 Å². The molecule has 2 N–H and O–H groups in total. The summed E-state index contributed by atoms with van der Waals surface area (Å²) < 4.78 is 12.2. The summed E-state index contributed by atoms with van der Waals surface area (Å²) in [7, 11) is 1.56. The second-order valence-electron chi connectivity index (χ2n) is 10.4. The predicted molar refractivity (Wildman–Crippen MR) is 144 cm³/mol. The summed E-state index contributed by atoms with van der Waals surface area (Å²) in [6.07, 6.45) is 1.62. The van der Waals surface area contributed by atoms with E-state index in [1.54, 1.807) is 43.5 Å². The summed E-state index contributed by atoms with van der Waals surface area (Å²) in [6.45, 7) is 3.93. The summed E-state index contributed by atoms with van der Waals surface area (Å²) in [5.74, 6) is 0.0209. The average molecular weight is 516 g/mol. The molecule has 0 saturated carbocycles. The molecule has 1 atom stereocenters. The monoisotopic (exact) mass is 515 g/mol. The number of aliphatic hydroxyl groups is 1. The van der Waals surface area contributed by atoms with Gasteiger partial charge < -0.3 is 24.4 Å². The Kier molecular flexibility index (Phi) is 7.49. The molecule has 3 heterocycles. The smallest absolute Gasteiger partial charge is 0.348 e. The van der Waals surface area contributed by atoms with Crippen molar-refractivity contribution in [2.24, 2.45) is 5.92 Å². The summed E-state index contributed by atoms with van der Waals surface area (Å²) in [5.41, 5.74) is -0.400. The van der Waals surface area contributed by atoms with Crippen molar-refractivity contribution in [3.05, 3.63) is 102 Å². The van der Waals surface area contributed by atoms with Gasteiger partial charge >= 0.3 is 5.97 Å². The van der Waals surface area contributed by atoms with E-state index in [0.29, 0.717) is 35.5 Å². The fraction of sp³-hybridized carbons (Fsp3) is 0.355. The van der Waals surface area contributed by atoms with Crippen molar-refractivity contribution in [2.75, 3.05) is 39.8 Å². The minimum absolute atomic E-state index is 0.161. The topological polar surface area (TPSA) is 84.9 Å². The molecule has 0 aromatic heterocycles. The zero-order valence-corrected chi connectivity index (χ0v) is 21.7. The third kappa shape index (κ3) is 5.04. The molecule has 7 nitrogen and oxygen atoms in total. The maximum atomic E-state index is 13.7. The summed E-state index contributed by atoms with van der Waals surface area (Å²) in [4.78, 5) is 26.5. The molecule has 0 radical (unpaired) electrons. The number of rotatable bonds is 9. The number of methoxy groups -OCH3 is 1. The Morgan fingerprint density at radius 1 is 0.921 bits per heavy atom. The number of esters is 1. The lowest BCUT2D eigenvalue weighted by Gasteiger charge is -2.52. The van der Waals surface area contributed by atoms with Gasteiger partial charge in [0.25, 0.3) is 5.91 Å². The van der Waals surface area contributed by atoms with Crippen molar-refractivity contribution in [1.82, 2.24) is 5.32 Å². The summed E-state index contributed by atoms with van der Waals surface area (Å²) in [5, 5.41) is 14.8. The van der Waals surface area contributed by atoms with Crippen molar-refractivity contribution >= 4 is 11.9 Å². The summed E-state index contributed by atoms with van der Waals surface area (Å²) in [6, 6.07) is 25.1. The van der Waals surface area contributed by atoms with E-state index >= 15 is 0 Å². The van der Waals surface area contributed by atoms with E-state index in [4.69, 9.17) is 9.47 Å². The first-order valence-corrected chi connectivity index (χ1v) is 13.3. The highest BCUT2D eigenvalue weighted by Crippen LogP contribution is 2.38. The highest BCUT2D eigenvalue weighted by atomic mass is 16.6. The molecule has 6 rings (SSSR count). The van der Waals surface area contributed by atoms with Gasteiger partial charge in [-0.25, -0.2) is 4.79 Å². The number of quaternary nitrogens is 1. The second kappa shape index (κ2) is 11.0. The zero-order chi connectivity index (χ0) is 26.6. The van der Waals surface area contributed by atoms with Crippen LogP contribution in [0.1, 0.15) is 34.3 Å². The summed E-state index contributed by atoms with van der Waals surface area (Å²) >= 11 is 0. The van der Waals surface area contributed by atoms with E-state index in [2.05, 4.69) is 5.32 Å². The molecule has 7 heteroatoms. The number of ether oxygens (including phenoxy) is 2. The van der Waals surface area contributed by atoms with Gasteiger partial charge in [0, 0.05) is 18.8 Å². The Bertz CT molecular complexity index is 1220. The number of nitrogens with zero attached hydrogens (tertiary/aromatic N) is 1. The molecule has 1 amide bonds. The SMILES string of the molecule is COc1ccccc1C(=O)NCC[N+]12CCC(CC1)[C@@H](OC(=O)C(O)(c1ccccc1)c1ccccc1)C2. The molecule has 0 spiro atoms. The molecule has 0 unspecified atom stereocenters. The Morgan fingerprint density at radius 3 is 2.11 bits per heavy atom. The maximum Gasteiger partial charge on any atom is 0.348 e. The first-order valence-electron chi connectivity index (χ1n) is 13.3. The van der Waals surface area contributed by atoms with Crippen LogP contribution in [0.4, 0.5) is 0 Å². The van der Waals surface area contributed by atoms with Crippen molar-refractivity contribution in [3.63, 3.8) is 0 Å². The maximum absolute atomic E-state index is 13.7. The van der Waals surface area contributed by atoms with E-state index in [-0.39, 0.29) is 17.9 Å². The van der Waals surface area contributed by atoms with Crippen LogP contribution < -0.4 is 10.1 Å². The van der Waals surface area contributed by atoms with E-state index < -0.39 is 11.6 Å². The van der Waals surface area contributed by atoms with Crippen molar-refractivity contribution < 1.29 is 28.7 Å². The van der Waals surface area contributed by atoms with Crippen LogP contribution in [0, 0.1) is 5.92 Å². The first-order chi connectivity index (χ1) is 18.4. The number of hydrogen-bond donors (Lipinski definition) is 2. The highest BCUT2D eigenvalue weighted by Gasteiger charge is 2.50. The first kappa shape index (κ1) is 25.9. The Balaban J connectivity index is 1.27. The number of fused-ring (bicyclic) bond motifs is 3. The van der Waals surface area contributed by atoms with E-state index in [0.717, 1.165) is 37.0 Å². The van der Waals surface area contributed by atoms with Crippen LogP contribution >= 0.6 is 0 Å². The number of benzene rings is 3. The van der Waals surface area contributed by atoms with Crippen LogP contribution in [0.25, 0.3) is 0 Å². The number of nitrogens with one attached hydrogen (secondary N) is 1. The lowest BCUT2D eigenvalue weighted by molar-refractivity contribution is -0.945. The van der Waals surface area contributed by atoms with Gasteiger partial charge in [-0.05, 0) is 23.3 Å². The Hall–Kier alpha value is -3.68. The number of para-hydroxylation sites is 1. The van der Waals surface area contributed by atoms with Gasteiger partial charge in [0.05, 0.1) is 38.9 Å². The number of carbonyl (C=O) groups is 2. The van der Waals surface area contributed by atoms with Crippen molar-refractivity contribution in [2.45, 2.75) is 24.5 Å². The second-order valence-corrected chi connectivity index (χ2v) is 10.4. The lowest BCUT2D eigenvalue weighted by atomic mass is 9.82. The minimum atomic E-state index is -1.89. The fourth-order valence-electron chi connectivity index (χ4n) is 5.99. The van der Waals surface area contributed by atoms with Gasteiger partial charge in [0.1, 0.15) is 12.3 Å². The molecule has 2 bridgehead atoms. The van der Waals surface area contributed by atoms with Crippen LogP contribution in [0.15, 0.2) is 84.9 Å². The van der Waals surface area contributed by atoms with Crippen molar-refractivity contribution in [3.8, 4) is 5.75 Å². The third-order valence-electron chi connectivity index (χ3n) is 8.20. The van der Waals surface area contributed by atoms with Gasteiger partial charge in [-0.15, -0.1) is 0 Å². The molecular formula is C31H35N2O5+. The van der Waals surface area contributed by atoms with Gasteiger partial charge in [0.15, 0.2) is 6.10 Å². The molecule has 3 aromatic rings. The number of carbonyl (C=O) groups excluding carboxylic acids is 2. The molecule has 3 aromatic carbocycles. The van der Waals surface area contributed by atoms with Crippen LogP contribution in [0.2, 0.25) is 0 Å². The standard InChI is InChI=1S/C31H34N2O5/c1-37-27-15-9-8-14-26(27)29(34)32-18-21-33-19-16-23(17-20-33)28(22-33)38-30(35)31(36,24-10-4-2-5-11-24)25-12-6-3-7-13-25/h2-15,23,28,36H,16-22H2,1H3/p+1/t23?,28-,33?/m0/s1. The number of piperidine rings is 3. The third-order valence-corrected chi connectivity index (χ3v) is 8.20. The van der Waals surface area contributed by atoms with E-state index in [1.165, 1.54) is 0 Å². The number of amides is 1. The fourth-order valence-corrected chi connectivity index (χ4v) is 5.99. The molecule has 0 aliphatic carbocycles. The minimum Gasteiger partial charge on any atom is -0.496 e. The molecule has 3 aliphatic rings. The molecule has 3 saturated heterocycles. The Morgan fingerprint density at radius 2 is 1.50 bits per heavy atom. The van der Waals surface area contributed by atoms with E-state index in [9.17, 15) is 14.7 Å². The van der Waals surface area contributed by atoms with Gasteiger partial charge in [-0.3, -0.25) is 4.79 Å². The quantitative estimate of drug-likeness (QED) is 0.337.